The third-order valence-corrected chi connectivity index (χ3v) is 4.74. The summed E-state index contributed by atoms with van der Waals surface area (Å²) in [7, 11) is 1.77. The van der Waals surface area contributed by atoms with Crippen LogP contribution in [0.3, 0.4) is 0 Å². The van der Waals surface area contributed by atoms with Gasteiger partial charge in [0.25, 0.3) is 0 Å². The number of anilines is 1. The number of rotatable bonds is 4. The van der Waals surface area contributed by atoms with E-state index in [4.69, 9.17) is 0 Å². The van der Waals surface area contributed by atoms with E-state index in [0.29, 0.717) is 11.3 Å². The molecule has 3 nitrogen and oxygen atoms in total. The Hall–Kier alpha value is -2.29. The van der Waals surface area contributed by atoms with Crippen molar-refractivity contribution in [3.05, 3.63) is 48.0 Å². The molecule has 0 heterocycles. The molecular formula is C20H23NO2. The molecule has 0 atom stereocenters. The molecule has 120 valence electrons. The molecule has 2 aromatic carbocycles. The molecule has 3 rings (SSSR count). The first-order chi connectivity index (χ1) is 11.2. The smallest absolute Gasteiger partial charge is 0.166 e. The molecule has 3 heteroatoms. The van der Waals surface area contributed by atoms with Crippen LogP contribution in [0.4, 0.5) is 5.69 Å². The minimum Gasteiger partial charge on any atom is -0.506 e. The average Bonchev–Trinajstić information content (AvgIpc) is 2.62. The van der Waals surface area contributed by atoms with Crippen LogP contribution >= 0.6 is 0 Å². The normalized spacial score (nSPS) is 15.3. The number of hydrogen-bond acceptors (Lipinski definition) is 3. The quantitative estimate of drug-likeness (QED) is 0.626. The van der Waals surface area contributed by atoms with Gasteiger partial charge in [-0.25, -0.2) is 0 Å². The Labute approximate surface area is 137 Å². The zero-order valence-corrected chi connectivity index (χ0v) is 13.5. The van der Waals surface area contributed by atoms with Crippen molar-refractivity contribution in [3.8, 4) is 16.9 Å². The summed E-state index contributed by atoms with van der Waals surface area (Å²) < 4.78 is 0. The van der Waals surface area contributed by atoms with E-state index in [1.165, 1.54) is 6.42 Å². The highest BCUT2D eigenvalue weighted by Gasteiger charge is 2.26. The van der Waals surface area contributed by atoms with Gasteiger partial charge in [-0.3, -0.25) is 4.79 Å². The van der Waals surface area contributed by atoms with E-state index >= 15 is 0 Å². The summed E-state index contributed by atoms with van der Waals surface area (Å²) in [5.41, 5.74) is 3.10. The molecule has 1 aliphatic rings. The largest absolute Gasteiger partial charge is 0.506 e. The summed E-state index contributed by atoms with van der Waals surface area (Å²) in [6, 6.07) is 13.2. The fraction of sp³-hybridized carbons (Fsp3) is 0.350. The molecule has 0 unspecified atom stereocenters. The Bertz CT molecular complexity index is 688. The molecular weight excluding hydrogens is 286 g/mol. The summed E-state index contributed by atoms with van der Waals surface area (Å²) in [6.07, 6.45) is 5.44. The van der Waals surface area contributed by atoms with E-state index in [0.717, 1.165) is 36.8 Å². The maximum absolute atomic E-state index is 13.1. The van der Waals surface area contributed by atoms with Gasteiger partial charge in [0.05, 0.1) is 5.69 Å². The van der Waals surface area contributed by atoms with Gasteiger partial charge in [-0.1, -0.05) is 49.6 Å². The first-order valence-corrected chi connectivity index (χ1v) is 8.35. The van der Waals surface area contributed by atoms with Gasteiger partial charge in [0.1, 0.15) is 5.75 Å². The van der Waals surface area contributed by atoms with E-state index in [1.807, 2.05) is 30.3 Å². The molecule has 0 aromatic heterocycles. The fourth-order valence-electron chi connectivity index (χ4n) is 3.54. The van der Waals surface area contributed by atoms with Gasteiger partial charge in [0.2, 0.25) is 0 Å². The number of benzene rings is 2. The molecule has 1 aliphatic carbocycles. The second kappa shape index (κ2) is 6.86. The summed E-state index contributed by atoms with van der Waals surface area (Å²) in [4.78, 5) is 13.1. The van der Waals surface area contributed by atoms with Crippen molar-refractivity contribution >= 4 is 11.5 Å². The van der Waals surface area contributed by atoms with Crippen LogP contribution in [0.25, 0.3) is 11.1 Å². The highest BCUT2D eigenvalue weighted by atomic mass is 16.3. The molecule has 1 saturated carbocycles. The number of carbonyl (C=O) groups excluding carboxylic acids is 1. The lowest BCUT2D eigenvalue weighted by molar-refractivity contribution is 0.0890. The third-order valence-electron chi connectivity index (χ3n) is 4.74. The lowest BCUT2D eigenvalue weighted by atomic mass is 9.81. The second-order valence-electron chi connectivity index (χ2n) is 6.20. The first kappa shape index (κ1) is 15.6. The summed E-state index contributed by atoms with van der Waals surface area (Å²) in [5, 5.41) is 13.3. The molecule has 0 amide bonds. The number of aromatic hydroxyl groups is 1. The van der Waals surface area contributed by atoms with Crippen molar-refractivity contribution in [3.63, 3.8) is 0 Å². The highest BCUT2D eigenvalue weighted by Crippen LogP contribution is 2.40. The molecule has 23 heavy (non-hydrogen) atoms. The standard InChI is InChI=1S/C20H23NO2/c1-21-19-17(22)13-12-16(18(19)14-8-4-2-5-9-14)20(23)15-10-6-3-7-11-15/h2,4-5,8-9,12-13,15,21-22H,3,6-7,10-11H2,1H3. The second-order valence-corrected chi connectivity index (χ2v) is 6.20. The van der Waals surface area contributed by atoms with Crippen LogP contribution in [0, 0.1) is 5.92 Å². The number of carbonyl (C=O) groups is 1. The van der Waals surface area contributed by atoms with Crippen LogP contribution < -0.4 is 5.32 Å². The first-order valence-electron chi connectivity index (χ1n) is 8.35. The minimum atomic E-state index is 0.112. The number of nitrogens with one attached hydrogen (secondary N) is 1. The number of ketones is 1. The van der Waals surface area contributed by atoms with Crippen molar-refractivity contribution in [1.82, 2.24) is 0 Å². The van der Waals surface area contributed by atoms with Gasteiger partial charge in [0.15, 0.2) is 5.78 Å². The van der Waals surface area contributed by atoms with Crippen LogP contribution in [-0.4, -0.2) is 17.9 Å². The SMILES string of the molecule is CNc1c(O)ccc(C(=O)C2CCCCC2)c1-c1ccccc1. The zero-order valence-electron chi connectivity index (χ0n) is 13.5. The Morgan fingerprint density at radius 2 is 1.74 bits per heavy atom. The maximum Gasteiger partial charge on any atom is 0.166 e. The van der Waals surface area contributed by atoms with Gasteiger partial charge in [0, 0.05) is 24.1 Å². The van der Waals surface area contributed by atoms with E-state index in [9.17, 15) is 9.90 Å². The lowest BCUT2D eigenvalue weighted by Gasteiger charge is -2.23. The Kier molecular flexibility index (Phi) is 4.65. The van der Waals surface area contributed by atoms with Crippen molar-refractivity contribution in [2.45, 2.75) is 32.1 Å². The highest BCUT2D eigenvalue weighted by molar-refractivity contribution is 6.07. The van der Waals surface area contributed by atoms with Crippen LogP contribution in [0.15, 0.2) is 42.5 Å². The van der Waals surface area contributed by atoms with Gasteiger partial charge in [-0.15, -0.1) is 0 Å². The Morgan fingerprint density at radius 1 is 1.04 bits per heavy atom. The van der Waals surface area contributed by atoms with Crippen molar-refractivity contribution in [1.29, 1.82) is 0 Å². The summed E-state index contributed by atoms with van der Waals surface area (Å²) >= 11 is 0. The van der Waals surface area contributed by atoms with Gasteiger partial charge >= 0.3 is 0 Å². The predicted octanol–water partition coefficient (Wildman–Crippen LogP) is 4.86. The molecule has 2 aromatic rings. The average molecular weight is 309 g/mol. The molecule has 0 saturated heterocycles. The van der Waals surface area contributed by atoms with Gasteiger partial charge in [-0.2, -0.15) is 0 Å². The van der Waals surface area contributed by atoms with Gasteiger partial charge in [-0.05, 0) is 30.5 Å². The lowest BCUT2D eigenvalue weighted by Crippen LogP contribution is -2.19. The molecule has 0 bridgehead atoms. The Balaban J connectivity index is 2.11. The van der Waals surface area contributed by atoms with Crippen LogP contribution in [0.5, 0.6) is 5.75 Å². The molecule has 0 radical (unpaired) electrons. The number of phenolic OH excluding ortho intramolecular Hbond substituents is 1. The summed E-state index contributed by atoms with van der Waals surface area (Å²) in [5.74, 6) is 0.493. The van der Waals surface area contributed by atoms with Crippen LogP contribution in [-0.2, 0) is 0 Å². The maximum atomic E-state index is 13.1. The van der Waals surface area contributed by atoms with Crippen molar-refractivity contribution in [2.24, 2.45) is 5.92 Å². The predicted molar refractivity (Wildman–Crippen MR) is 94.0 cm³/mol. The zero-order chi connectivity index (χ0) is 16.2. The van der Waals surface area contributed by atoms with E-state index < -0.39 is 0 Å². The van der Waals surface area contributed by atoms with E-state index in [2.05, 4.69) is 5.32 Å². The molecule has 0 aliphatic heterocycles. The van der Waals surface area contributed by atoms with Crippen LogP contribution in [0.2, 0.25) is 0 Å². The fourth-order valence-corrected chi connectivity index (χ4v) is 3.54. The number of Topliss-reactive ketones (excluding diaryl/α,β-unsaturated/α-hetero) is 1. The van der Waals surface area contributed by atoms with E-state index in [-0.39, 0.29) is 17.5 Å². The monoisotopic (exact) mass is 309 g/mol. The minimum absolute atomic E-state index is 0.112. The number of phenols is 1. The van der Waals surface area contributed by atoms with Crippen LogP contribution in [0.1, 0.15) is 42.5 Å². The van der Waals surface area contributed by atoms with Crippen molar-refractivity contribution in [2.75, 3.05) is 12.4 Å². The topological polar surface area (TPSA) is 49.3 Å². The summed E-state index contributed by atoms with van der Waals surface area (Å²) in [6.45, 7) is 0. The van der Waals surface area contributed by atoms with Gasteiger partial charge < -0.3 is 10.4 Å². The number of hydrogen-bond donors (Lipinski definition) is 2. The molecule has 1 fully saturated rings. The van der Waals surface area contributed by atoms with E-state index in [1.54, 1.807) is 19.2 Å². The molecule has 0 spiro atoms. The Morgan fingerprint density at radius 3 is 2.39 bits per heavy atom. The molecule has 2 N–H and O–H groups in total. The van der Waals surface area contributed by atoms with Crippen molar-refractivity contribution < 1.29 is 9.90 Å². The third kappa shape index (κ3) is 3.09.